The highest BCUT2D eigenvalue weighted by Crippen LogP contribution is 2.20. The van der Waals surface area contributed by atoms with Gasteiger partial charge in [-0.1, -0.05) is 12.1 Å². The van der Waals surface area contributed by atoms with Crippen molar-refractivity contribution in [2.75, 3.05) is 20.2 Å². The average molecular weight is 296 g/mol. The number of piperidine rings is 1. The Hall–Kier alpha value is -1.55. The number of benzene rings is 1. The summed E-state index contributed by atoms with van der Waals surface area (Å²) in [6.07, 6.45) is 1.60. The minimum Gasteiger partial charge on any atom is -0.469 e. The SMILES string of the molecule is COC(=O)C1CCCN(C(=O)c2cccc(CCl)c2)C1. The van der Waals surface area contributed by atoms with Crippen molar-refractivity contribution in [2.45, 2.75) is 18.7 Å². The molecule has 1 saturated heterocycles. The van der Waals surface area contributed by atoms with E-state index in [-0.39, 0.29) is 17.8 Å². The molecule has 5 heteroatoms. The maximum absolute atomic E-state index is 12.5. The van der Waals surface area contributed by atoms with Gasteiger partial charge in [-0.15, -0.1) is 11.6 Å². The number of carbonyl (C=O) groups is 2. The first kappa shape index (κ1) is 14.9. The van der Waals surface area contributed by atoms with Gasteiger partial charge in [-0.25, -0.2) is 0 Å². The molecule has 0 N–H and O–H groups in total. The van der Waals surface area contributed by atoms with Gasteiger partial charge in [0.05, 0.1) is 13.0 Å². The molecular weight excluding hydrogens is 278 g/mol. The average Bonchev–Trinajstić information content (AvgIpc) is 2.53. The van der Waals surface area contributed by atoms with E-state index in [1.165, 1.54) is 7.11 Å². The van der Waals surface area contributed by atoms with E-state index < -0.39 is 0 Å². The van der Waals surface area contributed by atoms with Gasteiger partial charge in [0.25, 0.3) is 5.91 Å². The Morgan fingerprint density at radius 2 is 2.25 bits per heavy atom. The molecule has 1 aromatic carbocycles. The summed E-state index contributed by atoms with van der Waals surface area (Å²) in [6.45, 7) is 1.11. The number of methoxy groups -OCH3 is 1. The Bertz CT molecular complexity index is 504. The fourth-order valence-electron chi connectivity index (χ4n) is 2.49. The number of alkyl halides is 1. The third kappa shape index (κ3) is 3.31. The molecule has 0 aromatic heterocycles. The number of halogens is 1. The first-order valence-electron chi connectivity index (χ1n) is 6.67. The van der Waals surface area contributed by atoms with Crippen molar-refractivity contribution in [2.24, 2.45) is 5.92 Å². The molecule has 0 spiro atoms. The number of esters is 1. The van der Waals surface area contributed by atoms with Crippen molar-refractivity contribution in [1.29, 1.82) is 0 Å². The van der Waals surface area contributed by atoms with Crippen molar-refractivity contribution in [1.82, 2.24) is 4.90 Å². The second-order valence-corrected chi connectivity index (χ2v) is 5.21. The van der Waals surface area contributed by atoms with Crippen molar-refractivity contribution in [3.63, 3.8) is 0 Å². The van der Waals surface area contributed by atoms with E-state index in [1.54, 1.807) is 17.0 Å². The van der Waals surface area contributed by atoms with Gasteiger partial charge < -0.3 is 9.64 Å². The third-order valence-electron chi connectivity index (χ3n) is 3.57. The zero-order valence-electron chi connectivity index (χ0n) is 11.5. The molecule has 4 nitrogen and oxygen atoms in total. The molecule has 1 aliphatic heterocycles. The number of rotatable bonds is 3. The smallest absolute Gasteiger partial charge is 0.310 e. The van der Waals surface area contributed by atoms with Crippen LogP contribution in [0.3, 0.4) is 0 Å². The lowest BCUT2D eigenvalue weighted by atomic mass is 9.97. The first-order chi connectivity index (χ1) is 9.65. The topological polar surface area (TPSA) is 46.6 Å². The van der Waals surface area contributed by atoms with Crippen molar-refractivity contribution in [3.05, 3.63) is 35.4 Å². The molecule has 1 aromatic rings. The summed E-state index contributed by atoms with van der Waals surface area (Å²) in [6, 6.07) is 7.29. The van der Waals surface area contributed by atoms with E-state index in [4.69, 9.17) is 16.3 Å². The van der Waals surface area contributed by atoms with Gasteiger partial charge in [-0.2, -0.15) is 0 Å². The molecule has 1 aliphatic rings. The van der Waals surface area contributed by atoms with Crippen molar-refractivity contribution < 1.29 is 14.3 Å². The van der Waals surface area contributed by atoms with Gasteiger partial charge in [0.15, 0.2) is 0 Å². The van der Waals surface area contributed by atoms with E-state index >= 15 is 0 Å². The Kier molecular flexibility index (Phi) is 5.01. The van der Waals surface area contributed by atoms with Crippen LogP contribution < -0.4 is 0 Å². The van der Waals surface area contributed by atoms with Crippen LogP contribution in [0.2, 0.25) is 0 Å². The molecule has 1 heterocycles. The molecule has 0 saturated carbocycles. The summed E-state index contributed by atoms with van der Waals surface area (Å²) < 4.78 is 4.77. The standard InChI is InChI=1S/C15H18ClNO3/c1-20-15(19)13-6-3-7-17(10-13)14(18)12-5-2-4-11(8-12)9-16/h2,4-5,8,13H,3,6-7,9-10H2,1H3. The number of amides is 1. The van der Waals surface area contributed by atoms with Gasteiger partial charge in [0.1, 0.15) is 0 Å². The number of carbonyl (C=O) groups excluding carboxylic acids is 2. The van der Waals surface area contributed by atoms with Crippen LogP contribution >= 0.6 is 11.6 Å². The van der Waals surface area contributed by atoms with Crippen LogP contribution in [0.4, 0.5) is 0 Å². The maximum atomic E-state index is 12.5. The largest absolute Gasteiger partial charge is 0.469 e. The molecule has 1 unspecified atom stereocenters. The van der Waals surface area contributed by atoms with Gasteiger partial charge in [-0.05, 0) is 30.5 Å². The van der Waals surface area contributed by atoms with Gasteiger partial charge in [-0.3, -0.25) is 9.59 Å². The Morgan fingerprint density at radius 1 is 1.45 bits per heavy atom. The van der Waals surface area contributed by atoms with Gasteiger partial charge in [0.2, 0.25) is 0 Å². The van der Waals surface area contributed by atoms with E-state index in [1.807, 2.05) is 12.1 Å². The normalized spacial score (nSPS) is 18.7. The lowest BCUT2D eigenvalue weighted by Crippen LogP contribution is -2.42. The molecular formula is C15H18ClNO3. The van der Waals surface area contributed by atoms with Crippen LogP contribution in [0.1, 0.15) is 28.8 Å². The van der Waals surface area contributed by atoms with Gasteiger partial charge in [0, 0.05) is 24.5 Å². The summed E-state index contributed by atoms with van der Waals surface area (Å²) in [5.74, 6) is -0.122. The third-order valence-corrected chi connectivity index (χ3v) is 3.88. The number of ether oxygens (including phenoxy) is 1. The van der Waals surface area contributed by atoms with E-state index in [9.17, 15) is 9.59 Å². The van der Waals surface area contributed by atoms with E-state index in [2.05, 4.69) is 0 Å². The summed E-state index contributed by atoms with van der Waals surface area (Å²) in [5.41, 5.74) is 1.53. The highest BCUT2D eigenvalue weighted by molar-refractivity contribution is 6.17. The van der Waals surface area contributed by atoms with Crippen LogP contribution in [-0.4, -0.2) is 37.0 Å². The Morgan fingerprint density at radius 3 is 2.95 bits per heavy atom. The summed E-state index contributed by atoms with van der Waals surface area (Å²) in [4.78, 5) is 25.8. The highest BCUT2D eigenvalue weighted by Gasteiger charge is 2.29. The maximum Gasteiger partial charge on any atom is 0.310 e. The number of nitrogens with zero attached hydrogens (tertiary/aromatic N) is 1. The molecule has 1 fully saturated rings. The van der Waals surface area contributed by atoms with Crippen molar-refractivity contribution >= 4 is 23.5 Å². The fourth-order valence-corrected chi connectivity index (χ4v) is 2.66. The Balaban J connectivity index is 2.10. The predicted octanol–water partition coefficient (Wildman–Crippen LogP) is 2.45. The second kappa shape index (κ2) is 6.75. The van der Waals surface area contributed by atoms with Crippen molar-refractivity contribution in [3.8, 4) is 0 Å². The lowest BCUT2D eigenvalue weighted by Gasteiger charge is -2.31. The van der Waals surface area contributed by atoms with Crippen LogP contribution in [0.15, 0.2) is 24.3 Å². The minimum atomic E-state index is -0.239. The monoisotopic (exact) mass is 295 g/mol. The van der Waals surface area contributed by atoms with Crippen LogP contribution in [0.5, 0.6) is 0 Å². The highest BCUT2D eigenvalue weighted by atomic mass is 35.5. The fraction of sp³-hybridized carbons (Fsp3) is 0.467. The molecule has 0 radical (unpaired) electrons. The molecule has 1 atom stereocenters. The zero-order valence-corrected chi connectivity index (χ0v) is 12.2. The summed E-state index contributed by atoms with van der Waals surface area (Å²) in [7, 11) is 1.38. The molecule has 1 amide bonds. The minimum absolute atomic E-state index is 0.0504. The quantitative estimate of drug-likeness (QED) is 0.636. The number of likely N-dealkylation sites (tertiary alicyclic amines) is 1. The second-order valence-electron chi connectivity index (χ2n) is 4.95. The number of hydrogen-bond donors (Lipinski definition) is 0. The lowest BCUT2D eigenvalue weighted by molar-refractivity contribution is -0.146. The predicted molar refractivity (Wildman–Crippen MR) is 76.6 cm³/mol. The van der Waals surface area contributed by atoms with Crippen LogP contribution in [0, 0.1) is 5.92 Å². The van der Waals surface area contributed by atoms with E-state index in [0.717, 1.165) is 18.4 Å². The number of hydrogen-bond acceptors (Lipinski definition) is 3. The van der Waals surface area contributed by atoms with Gasteiger partial charge >= 0.3 is 5.97 Å². The molecule has 0 aliphatic carbocycles. The Labute approximate surface area is 123 Å². The van der Waals surface area contributed by atoms with E-state index in [0.29, 0.717) is 24.5 Å². The zero-order chi connectivity index (χ0) is 14.5. The summed E-state index contributed by atoms with van der Waals surface area (Å²) in [5, 5.41) is 0. The van der Waals surface area contributed by atoms with Crippen LogP contribution in [0.25, 0.3) is 0 Å². The molecule has 108 valence electrons. The molecule has 2 rings (SSSR count). The summed E-state index contributed by atoms with van der Waals surface area (Å²) >= 11 is 5.79. The molecule has 20 heavy (non-hydrogen) atoms. The molecule has 0 bridgehead atoms. The van der Waals surface area contributed by atoms with Crippen LogP contribution in [-0.2, 0) is 15.4 Å². The first-order valence-corrected chi connectivity index (χ1v) is 7.21.